The second-order valence-electron chi connectivity index (χ2n) is 5.75. The zero-order valence-electron chi connectivity index (χ0n) is 13.7. The highest BCUT2D eigenvalue weighted by Gasteiger charge is 2.20. The molecule has 1 aliphatic heterocycles. The summed E-state index contributed by atoms with van der Waals surface area (Å²) in [5.74, 6) is 0.406. The van der Waals surface area contributed by atoms with E-state index in [0.29, 0.717) is 35.9 Å². The maximum atomic E-state index is 12.5. The average molecular weight is 353 g/mol. The summed E-state index contributed by atoms with van der Waals surface area (Å²) in [5.41, 5.74) is -0.275. The predicted molar refractivity (Wildman–Crippen MR) is 93.2 cm³/mol. The summed E-state index contributed by atoms with van der Waals surface area (Å²) in [6.45, 7) is 0.754. The molecule has 132 valence electrons. The van der Waals surface area contributed by atoms with Gasteiger partial charge in [0.2, 0.25) is 12.2 Å². The topological polar surface area (TPSA) is 87.0 Å². The first-order chi connectivity index (χ1) is 12.6. The molecular formula is C19H15NO6. The van der Waals surface area contributed by atoms with Crippen molar-refractivity contribution < 1.29 is 24.1 Å². The van der Waals surface area contributed by atoms with Gasteiger partial charge in [0.25, 0.3) is 0 Å². The minimum absolute atomic E-state index is 0.0722. The first-order valence-electron chi connectivity index (χ1n) is 8.01. The number of nitrogens with zero attached hydrogens (tertiary/aromatic N) is 1. The molecule has 0 spiro atoms. The maximum absolute atomic E-state index is 12.5. The van der Waals surface area contributed by atoms with Crippen LogP contribution in [0.4, 0.5) is 0 Å². The van der Waals surface area contributed by atoms with Gasteiger partial charge >= 0.3 is 5.97 Å². The van der Waals surface area contributed by atoms with Crippen molar-refractivity contribution >= 4 is 16.9 Å². The highest BCUT2D eigenvalue weighted by Crippen LogP contribution is 2.35. The molecule has 3 aromatic rings. The minimum Gasteiger partial charge on any atom is -0.492 e. The Morgan fingerprint density at radius 3 is 2.62 bits per heavy atom. The molecule has 7 nitrogen and oxygen atoms in total. The summed E-state index contributed by atoms with van der Waals surface area (Å²) in [6.07, 6.45) is 1.34. The van der Waals surface area contributed by atoms with Crippen molar-refractivity contribution in [2.24, 2.45) is 0 Å². The van der Waals surface area contributed by atoms with Gasteiger partial charge in [0, 0.05) is 12.3 Å². The molecule has 7 heteroatoms. The van der Waals surface area contributed by atoms with Crippen LogP contribution in [0.1, 0.15) is 10.4 Å². The van der Waals surface area contributed by atoms with E-state index in [1.807, 2.05) is 30.3 Å². The number of para-hydroxylation sites is 1. The van der Waals surface area contributed by atoms with Crippen LogP contribution < -0.4 is 19.6 Å². The first-order valence-corrected chi connectivity index (χ1v) is 8.01. The smallest absolute Gasteiger partial charge is 0.341 e. The van der Waals surface area contributed by atoms with Gasteiger partial charge in [-0.15, -0.1) is 0 Å². The first kappa shape index (κ1) is 16.0. The van der Waals surface area contributed by atoms with E-state index in [1.54, 1.807) is 10.6 Å². The van der Waals surface area contributed by atoms with Crippen LogP contribution in [0.15, 0.2) is 53.5 Å². The lowest BCUT2D eigenvalue weighted by atomic mass is 10.1. The zero-order valence-corrected chi connectivity index (χ0v) is 13.7. The van der Waals surface area contributed by atoms with Crippen LogP contribution in [0.25, 0.3) is 10.9 Å². The fraction of sp³-hybridized carbons (Fsp3) is 0.158. The van der Waals surface area contributed by atoms with Crippen LogP contribution >= 0.6 is 0 Å². The Bertz CT molecular complexity index is 1040. The molecule has 2 heterocycles. The van der Waals surface area contributed by atoms with Crippen LogP contribution in [0.3, 0.4) is 0 Å². The summed E-state index contributed by atoms with van der Waals surface area (Å²) in [4.78, 5) is 23.9. The molecule has 0 unspecified atom stereocenters. The van der Waals surface area contributed by atoms with Gasteiger partial charge in [0.05, 0.1) is 17.4 Å². The number of carboxylic acids is 1. The lowest BCUT2D eigenvalue weighted by Crippen LogP contribution is -2.20. The lowest BCUT2D eigenvalue weighted by molar-refractivity contribution is 0.0694. The van der Waals surface area contributed by atoms with Crippen molar-refractivity contribution in [1.29, 1.82) is 0 Å². The largest absolute Gasteiger partial charge is 0.492 e. The molecule has 1 aromatic heterocycles. The monoisotopic (exact) mass is 353 g/mol. The average Bonchev–Trinajstić information content (AvgIpc) is 3.10. The van der Waals surface area contributed by atoms with E-state index < -0.39 is 11.4 Å². The Kier molecular flexibility index (Phi) is 3.96. The summed E-state index contributed by atoms with van der Waals surface area (Å²) in [5, 5.41) is 9.62. The Morgan fingerprint density at radius 2 is 1.88 bits per heavy atom. The zero-order chi connectivity index (χ0) is 18.1. The third-order valence-electron chi connectivity index (χ3n) is 4.15. The number of benzene rings is 2. The second kappa shape index (κ2) is 6.44. The van der Waals surface area contributed by atoms with E-state index in [0.717, 1.165) is 0 Å². The summed E-state index contributed by atoms with van der Waals surface area (Å²) < 4.78 is 18.0. The van der Waals surface area contributed by atoms with Gasteiger partial charge in [0.15, 0.2) is 11.5 Å². The van der Waals surface area contributed by atoms with Gasteiger partial charge in [-0.3, -0.25) is 4.79 Å². The van der Waals surface area contributed by atoms with Crippen molar-refractivity contribution in [2.75, 3.05) is 13.4 Å². The Morgan fingerprint density at radius 1 is 1.15 bits per heavy atom. The molecular weight excluding hydrogens is 338 g/mol. The third-order valence-corrected chi connectivity index (χ3v) is 4.15. The Hall–Kier alpha value is -3.48. The highest BCUT2D eigenvalue weighted by molar-refractivity contribution is 5.93. The van der Waals surface area contributed by atoms with Gasteiger partial charge in [-0.1, -0.05) is 18.2 Å². The number of hydrogen-bond acceptors (Lipinski definition) is 5. The number of aromatic carboxylic acids is 1. The predicted octanol–water partition coefficient (Wildman–Crippen LogP) is 2.51. The number of carbonyl (C=O) groups is 1. The number of aromatic nitrogens is 1. The number of ether oxygens (including phenoxy) is 3. The molecule has 4 rings (SSSR count). The van der Waals surface area contributed by atoms with E-state index in [9.17, 15) is 14.7 Å². The summed E-state index contributed by atoms with van der Waals surface area (Å²) in [7, 11) is 0. The molecule has 0 aliphatic carbocycles. The Labute approximate surface area is 148 Å². The molecule has 0 fully saturated rings. The fourth-order valence-electron chi connectivity index (χ4n) is 2.90. The molecule has 0 radical (unpaired) electrons. The quantitative estimate of drug-likeness (QED) is 0.758. The van der Waals surface area contributed by atoms with Crippen molar-refractivity contribution in [3.8, 4) is 17.2 Å². The molecule has 2 aromatic carbocycles. The molecule has 1 aliphatic rings. The number of fused-ring (bicyclic) bond motifs is 2. The van der Waals surface area contributed by atoms with E-state index in [2.05, 4.69) is 0 Å². The minimum atomic E-state index is -1.27. The standard InChI is InChI=1S/C19H15NO6/c21-18-13-8-16-17(26-11-25-16)9-15(13)20(10-14(18)19(22)23)6-7-24-12-4-2-1-3-5-12/h1-5,8-10H,6-7,11H2,(H,22,23). The summed E-state index contributed by atoms with van der Waals surface area (Å²) in [6, 6.07) is 12.5. The number of hydrogen-bond donors (Lipinski definition) is 1. The van der Waals surface area contributed by atoms with Crippen LogP contribution in [0.2, 0.25) is 0 Å². The number of rotatable bonds is 5. The van der Waals surface area contributed by atoms with Crippen molar-refractivity contribution in [3.05, 3.63) is 64.4 Å². The van der Waals surface area contributed by atoms with Gasteiger partial charge in [-0.25, -0.2) is 4.79 Å². The normalized spacial score (nSPS) is 12.3. The number of carboxylic acid groups (broad SMARTS) is 1. The lowest BCUT2D eigenvalue weighted by Gasteiger charge is -2.14. The third kappa shape index (κ3) is 2.83. The van der Waals surface area contributed by atoms with E-state index in [4.69, 9.17) is 14.2 Å². The SMILES string of the molecule is O=C(O)c1cn(CCOc2ccccc2)c2cc3c(cc2c1=O)OCO3. The Balaban J connectivity index is 1.73. The molecule has 0 saturated carbocycles. The second-order valence-corrected chi connectivity index (χ2v) is 5.75. The van der Waals surface area contributed by atoms with Crippen LogP contribution in [0.5, 0.6) is 17.2 Å². The van der Waals surface area contributed by atoms with Crippen LogP contribution in [-0.2, 0) is 6.54 Å². The number of pyridine rings is 1. The molecule has 1 N–H and O–H groups in total. The van der Waals surface area contributed by atoms with E-state index in [1.165, 1.54) is 12.3 Å². The molecule has 0 bridgehead atoms. The molecule has 0 amide bonds. The van der Waals surface area contributed by atoms with E-state index >= 15 is 0 Å². The molecule has 0 saturated heterocycles. The van der Waals surface area contributed by atoms with E-state index in [-0.39, 0.29) is 17.7 Å². The van der Waals surface area contributed by atoms with Crippen molar-refractivity contribution in [2.45, 2.75) is 6.54 Å². The van der Waals surface area contributed by atoms with Gasteiger partial charge < -0.3 is 23.9 Å². The van der Waals surface area contributed by atoms with Crippen LogP contribution in [0, 0.1) is 0 Å². The van der Waals surface area contributed by atoms with Crippen molar-refractivity contribution in [3.63, 3.8) is 0 Å². The molecule has 26 heavy (non-hydrogen) atoms. The highest BCUT2D eigenvalue weighted by atomic mass is 16.7. The van der Waals surface area contributed by atoms with Gasteiger partial charge in [0.1, 0.15) is 17.9 Å². The van der Waals surface area contributed by atoms with Crippen LogP contribution in [-0.4, -0.2) is 29.0 Å². The maximum Gasteiger partial charge on any atom is 0.341 e. The fourth-order valence-corrected chi connectivity index (χ4v) is 2.90. The molecule has 0 atom stereocenters. The summed E-state index contributed by atoms with van der Waals surface area (Å²) >= 11 is 0. The van der Waals surface area contributed by atoms with Gasteiger partial charge in [-0.05, 0) is 18.2 Å². The van der Waals surface area contributed by atoms with Gasteiger partial charge in [-0.2, -0.15) is 0 Å². The van der Waals surface area contributed by atoms with Crippen molar-refractivity contribution in [1.82, 2.24) is 4.57 Å².